The summed E-state index contributed by atoms with van der Waals surface area (Å²) in [5, 5.41) is 8.53. The van der Waals surface area contributed by atoms with Crippen molar-refractivity contribution in [3.63, 3.8) is 0 Å². The molecule has 0 aliphatic heterocycles. The van der Waals surface area contributed by atoms with Crippen LogP contribution in [0.25, 0.3) is 0 Å². The maximum atomic E-state index is 8.53. The lowest BCUT2D eigenvalue weighted by atomic mass is 10.1. The first-order valence-corrected chi connectivity index (χ1v) is 3.65. The molecular formula is C9H10N2O. The molecule has 3 heteroatoms. The van der Waals surface area contributed by atoms with Gasteiger partial charge in [0.25, 0.3) is 0 Å². The minimum atomic E-state index is 0.350. The van der Waals surface area contributed by atoms with Gasteiger partial charge < -0.3 is 4.74 Å². The Morgan fingerprint density at radius 2 is 2.42 bits per heavy atom. The Labute approximate surface area is 71.6 Å². The van der Waals surface area contributed by atoms with Gasteiger partial charge in [0.05, 0.1) is 19.6 Å². The average Bonchev–Trinajstić information content (AvgIpc) is 2.09. The number of ether oxygens (including phenoxy) is 1. The number of methoxy groups -OCH3 is 1. The molecule has 1 aromatic rings. The Morgan fingerprint density at radius 3 is 3.00 bits per heavy atom. The van der Waals surface area contributed by atoms with E-state index in [1.807, 2.05) is 13.0 Å². The van der Waals surface area contributed by atoms with Gasteiger partial charge in [-0.05, 0) is 18.6 Å². The number of pyridine rings is 1. The zero-order valence-electron chi connectivity index (χ0n) is 7.16. The van der Waals surface area contributed by atoms with Crippen molar-refractivity contribution in [1.82, 2.24) is 4.98 Å². The van der Waals surface area contributed by atoms with Gasteiger partial charge in [0.15, 0.2) is 0 Å². The molecule has 0 bridgehead atoms. The molecule has 62 valence electrons. The molecule has 0 unspecified atom stereocenters. The van der Waals surface area contributed by atoms with Gasteiger partial charge in [-0.25, -0.2) is 4.98 Å². The molecule has 12 heavy (non-hydrogen) atoms. The van der Waals surface area contributed by atoms with E-state index in [4.69, 9.17) is 10.00 Å². The Kier molecular flexibility index (Phi) is 2.65. The number of aromatic nitrogens is 1. The summed E-state index contributed by atoms with van der Waals surface area (Å²) in [5.41, 5.74) is 1.92. The molecule has 0 aliphatic rings. The number of hydrogen-bond donors (Lipinski definition) is 0. The van der Waals surface area contributed by atoms with Crippen LogP contribution in [0.1, 0.15) is 11.1 Å². The van der Waals surface area contributed by atoms with E-state index in [9.17, 15) is 0 Å². The quantitative estimate of drug-likeness (QED) is 0.661. The smallest absolute Gasteiger partial charge is 0.217 e. The van der Waals surface area contributed by atoms with Gasteiger partial charge >= 0.3 is 0 Å². The topological polar surface area (TPSA) is 45.9 Å². The number of nitriles is 1. The van der Waals surface area contributed by atoms with E-state index in [1.165, 1.54) is 0 Å². The van der Waals surface area contributed by atoms with E-state index < -0.39 is 0 Å². The molecule has 0 spiro atoms. The van der Waals surface area contributed by atoms with Crippen molar-refractivity contribution in [3.05, 3.63) is 23.4 Å². The summed E-state index contributed by atoms with van der Waals surface area (Å²) in [6.45, 7) is 1.94. The van der Waals surface area contributed by atoms with Crippen LogP contribution in [-0.2, 0) is 6.42 Å². The van der Waals surface area contributed by atoms with Crippen LogP contribution in [0.4, 0.5) is 0 Å². The molecule has 1 heterocycles. The maximum absolute atomic E-state index is 8.53. The Balaban J connectivity index is 3.12. The molecule has 0 fully saturated rings. The van der Waals surface area contributed by atoms with Crippen molar-refractivity contribution >= 4 is 0 Å². The van der Waals surface area contributed by atoms with E-state index in [0.29, 0.717) is 12.3 Å². The van der Waals surface area contributed by atoms with E-state index in [2.05, 4.69) is 11.1 Å². The highest BCUT2D eigenvalue weighted by Crippen LogP contribution is 2.18. The Morgan fingerprint density at radius 1 is 1.67 bits per heavy atom. The first-order valence-electron chi connectivity index (χ1n) is 3.65. The van der Waals surface area contributed by atoms with Crippen LogP contribution in [0.2, 0.25) is 0 Å². The second-order valence-corrected chi connectivity index (χ2v) is 2.45. The van der Waals surface area contributed by atoms with Crippen LogP contribution < -0.4 is 4.74 Å². The molecule has 0 amide bonds. The molecule has 0 N–H and O–H groups in total. The van der Waals surface area contributed by atoms with E-state index >= 15 is 0 Å². The SMILES string of the molecule is COc1nccc(C)c1CC#N. The molecule has 0 radical (unpaired) electrons. The van der Waals surface area contributed by atoms with E-state index in [1.54, 1.807) is 13.3 Å². The highest BCUT2D eigenvalue weighted by atomic mass is 16.5. The van der Waals surface area contributed by atoms with Gasteiger partial charge in [0.2, 0.25) is 5.88 Å². The van der Waals surface area contributed by atoms with Crippen LogP contribution in [-0.4, -0.2) is 12.1 Å². The van der Waals surface area contributed by atoms with Gasteiger partial charge in [0.1, 0.15) is 0 Å². The molecule has 3 nitrogen and oxygen atoms in total. The van der Waals surface area contributed by atoms with Gasteiger partial charge in [-0.3, -0.25) is 0 Å². The number of hydrogen-bond acceptors (Lipinski definition) is 3. The van der Waals surface area contributed by atoms with Gasteiger partial charge in [0, 0.05) is 11.8 Å². The fraction of sp³-hybridized carbons (Fsp3) is 0.333. The third-order valence-corrected chi connectivity index (χ3v) is 1.70. The zero-order chi connectivity index (χ0) is 8.97. The first kappa shape index (κ1) is 8.54. The zero-order valence-corrected chi connectivity index (χ0v) is 7.16. The van der Waals surface area contributed by atoms with Crippen LogP contribution in [0.3, 0.4) is 0 Å². The van der Waals surface area contributed by atoms with Crippen molar-refractivity contribution < 1.29 is 4.74 Å². The van der Waals surface area contributed by atoms with Gasteiger partial charge in [-0.2, -0.15) is 5.26 Å². The largest absolute Gasteiger partial charge is 0.481 e. The minimum Gasteiger partial charge on any atom is -0.481 e. The predicted molar refractivity (Wildman–Crippen MR) is 44.8 cm³/mol. The maximum Gasteiger partial charge on any atom is 0.217 e. The number of rotatable bonds is 2. The highest BCUT2D eigenvalue weighted by Gasteiger charge is 2.05. The summed E-state index contributed by atoms with van der Waals surface area (Å²) < 4.78 is 5.02. The monoisotopic (exact) mass is 162 g/mol. The van der Waals surface area contributed by atoms with Crippen LogP contribution in [0, 0.1) is 18.3 Å². The van der Waals surface area contributed by atoms with Crippen molar-refractivity contribution in [3.8, 4) is 11.9 Å². The fourth-order valence-electron chi connectivity index (χ4n) is 1.03. The third-order valence-electron chi connectivity index (χ3n) is 1.70. The fourth-order valence-corrected chi connectivity index (χ4v) is 1.03. The normalized spacial score (nSPS) is 9.08. The van der Waals surface area contributed by atoms with Crippen LogP contribution in [0.5, 0.6) is 5.88 Å². The minimum absolute atomic E-state index is 0.350. The van der Waals surface area contributed by atoms with Crippen molar-refractivity contribution in [1.29, 1.82) is 5.26 Å². The van der Waals surface area contributed by atoms with Crippen LogP contribution >= 0.6 is 0 Å². The lowest BCUT2D eigenvalue weighted by molar-refractivity contribution is 0.393. The molecular weight excluding hydrogens is 152 g/mol. The molecule has 0 aliphatic carbocycles. The van der Waals surface area contributed by atoms with E-state index in [-0.39, 0.29) is 0 Å². The number of aryl methyl sites for hydroxylation is 1. The lowest BCUT2D eigenvalue weighted by Gasteiger charge is -2.05. The molecule has 0 saturated heterocycles. The molecule has 0 aromatic carbocycles. The molecule has 1 rings (SSSR count). The van der Waals surface area contributed by atoms with E-state index in [0.717, 1.165) is 11.1 Å². The second-order valence-electron chi connectivity index (χ2n) is 2.45. The molecule has 0 saturated carbocycles. The summed E-state index contributed by atoms with van der Waals surface area (Å²) in [7, 11) is 1.56. The Hall–Kier alpha value is -1.56. The average molecular weight is 162 g/mol. The van der Waals surface area contributed by atoms with Crippen molar-refractivity contribution in [2.45, 2.75) is 13.3 Å². The standard InChI is InChI=1S/C9H10N2O/c1-7-4-6-11-9(12-2)8(7)3-5-10/h4,6H,3H2,1-2H3. The van der Waals surface area contributed by atoms with Crippen molar-refractivity contribution in [2.75, 3.05) is 7.11 Å². The van der Waals surface area contributed by atoms with Crippen molar-refractivity contribution in [2.24, 2.45) is 0 Å². The summed E-state index contributed by atoms with van der Waals surface area (Å²) in [4.78, 5) is 4.00. The molecule has 0 atom stereocenters. The summed E-state index contributed by atoms with van der Waals surface area (Å²) >= 11 is 0. The summed E-state index contributed by atoms with van der Waals surface area (Å²) in [6, 6.07) is 3.95. The van der Waals surface area contributed by atoms with Gasteiger partial charge in [-0.15, -0.1) is 0 Å². The molecule has 1 aromatic heterocycles. The number of nitrogens with zero attached hydrogens (tertiary/aromatic N) is 2. The van der Waals surface area contributed by atoms with Gasteiger partial charge in [-0.1, -0.05) is 0 Å². The Bertz CT molecular complexity index is 315. The lowest BCUT2D eigenvalue weighted by Crippen LogP contribution is -1.96. The summed E-state index contributed by atoms with van der Waals surface area (Å²) in [5.74, 6) is 0.552. The third kappa shape index (κ3) is 1.54. The predicted octanol–water partition coefficient (Wildman–Crippen LogP) is 1.46. The highest BCUT2D eigenvalue weighted by molar-refractivity contribution is 5.35. The summed E-state index contributed by atoms with van der Waals surface area (Å²) in [6.07, 6.45) is 2.03. The van der Waals surface area contributed by atoms with Crippen LogP contribution in [0.15, 0.2) is 12.3 Å². The first-order chi connectivity index (χ1) is 5.79. The second kappa shape index (κ2) is 3.72.